The molecule has 0 unspecified atom stereocenters. The van der Waals surface area contributed by atoms with Gasteiger partial charge in [0.15, 0.2) is 0 Å². The van der Waals surface area contributed by atoms with Crippen LogP contribution in [0.1, 0.15) is 30.9 Å². The Balaban J connectivity index is 1.82. The maximum atomic E-state index is 14.6. The first-order valence-corrected chi connectivity index (χ1v) is 9.20. The van der Waals surface area contributed by atoms with E-state index in [9.17, 15) is 13.6 Å². The lowest BCUT2D eigenvalue weighted by molar-refractivity contribution is -0.141. The zero-order valence-electron chi connectivity index (χ0n) is 15.5. The predicted octanol–water partition coefficient (Wildman–Crippen LogP) is 5.30. The second kappa shape index (κ2) is 8.61. The number of anilines is 1. The van der Waals surface area contributed by atoms with Crippen LogP contribution in [0.3, 0.4) is 0 Å². The Morgan fingerprint density at radius 2 is 2.14 bits per heavy atom. The van der Waals surface area contributed by atoms with Crippen molar-refractivity contribution in [3.63, 3.8) is 0 Å². The van der Waals surface area contributed by atoms with Crippen LogP contribution in [0, 0.1) is 11.6 Å². The highest BCUT2D eigenvalue weighted by Gasteiger charge is 2.22. The largest absolute Gasteiger partial charge is 0.486 e. The number of esters is 1. The SMILES string of the molecule is COC(=O)CC[C@H]1CNc2cc(C=C(C)c3c(F)cccc3Cl)c(F)cc2O1. The van der Waals surface area contributed by atoms with E-state index in [4.69, 9.17) is 16.3 Å². The van der Waals surface area contributed by atoms with Gasteiger partial charge in [0.2, 0.25) is 0 Å². The van der Waals surface area contributed by atoms with Crippen molar-refractivity contribution in [3.8, 4) is 5.75 Å². The van der Waals surface area contributed by atoms with Gasteiger partial charge in [-0.3, -0.25) is 4.79 Å². The fraction of sp³-hybridized carbons (Fsp3) is 0.286. The minimum atomic E-state index is -0.499. The number of benzene rings is 2. The molecule has 1 atom stereocenters. The standard InChI is InChI=1S/C21H20ClF2NO3/c1-12(21-15(22)4-3-5-16(21)23)8-13-9-18-19(10-17(13)24)28-14(11-25-18)6-7-20(26)27-2/h3-5,8-10,14,25H,6-7,11H2,1-2H3/t14-/m0/s1. The fourth-order valence-corrected chi connectivity index (χ4v) is 3.40. The highest BCUT2D eigenvalue weighted by atomic mass is 35.5. The topological polar surface area (TPSA) is 47.6 Å². The molecule has 0 saturated heterocycles. The summed E-state index contributed by atoms with van der Waals surface area (Å²) in [4.78, 5) is 11.3. The lowest BCUT2D eigenvalue weighted by Crippen LogP contribution is -2.31. The van der Waals surface area contributed by atoms with E-state index in [0.717, 1.165) is 0 Å². The van der Waals surface area contributed by atoms with Crippen LogP contribution in [-0.2, 0) is 9.53 Å². The normalized spacial score (nSPS) is 16.0. The number of carbonyl (C=O) groups excluding carboxylic acids is 1. The molecule has 1 heterocycles. The summed E-state index contributed by atoms with van der Waals surface area (Å²) < 4.78 is 39.1. The minimum absolute atomic E-state index is 0.226. The molecular weight excluding hydrogens is 388 g/mol. The molecular formula is C21H20ClF2NO3. The van der Waals surface area contributed by atoms with Gasteiger partial charge in [-0.2, -0.15) is 0 Å². The first-order valence-electron chi connectivity index (χ1n) is 8.82. The predicted molar refractivity (Wildman–Crippen MR) is 106 cm³/mol. The zero-order valence-corrected chi connectivity index (χ0v) is 16.3. The Morgan fingerprint density at radius 1 is 1.36 bits per heavy atom. The highest BCUT2D eigenvalue weighted by Crippen LogP contribution is 2.35. The molecule has 2 aromatic carbocycles. The summed E-state index contributed by atoms with van der Waals surface area (Å²) in [6.07, 6.45) is 1.98. The van der Waals surface area contributed by atoms with Gasteiger partial charge < -0.3 is 14.8 Å². The van der Waals surface area contributed by atoms with Gasteiger partial charge >= 0.3 is 5.97 Å². The summed E-state index contributed by atoms with van der Waals surface area (Å²) in [5.41, 5.74) is 1.68. The van der Waals surface area contributed by atoms with Crippen LogP contribution >= 0.6 is 11.6 Å². The van der Waals surface area contributed by atoms with E-state index in [-0.39, 0.29) is 29.1 Å². The number of rotatable bonds is 5. The van der Waals surface area contributed by atoms with E-state index >= 15 is 0 Å². The van der Waals surface area contributed by atoms with Crippen molar-refractivity contribution in [3.05, 3.63) is 58.1 Å². The van der Waals surface area contributed by atoms with Crippen molar-refractivity contribution in [2.75, 3.05) is 19.0 Å². The number of methoxy groups -OCH3 is 1. The van der Waals surface area contributed by atoms with E-state index in [2.05, 4.69) is 10.1 Å². The van der Waals surface area contributed by atoms with E-state index < -0.39 is 11.6 Å². The lowest BCUT2D eigenvalue weighted by Gasteiger charge is -2.27. The number of hydrogen-bond donors (Lipinski definition) is 1. The fourth-order valence-electron chi connectivity index (χ4n) is 3.08. The molecule has 0 bridgehead atoms. The van der Waals surface area contributed by atoms with Crippen LogP contribution in [0.5, 0.6) is 5.75 Å². The molecule has 0 aliphatic carbocycles. The Bertz CT molecular complexity index is 910. The monoisotopic (exact) mass is 407 g/mol. The van der Waals surface area contributed by atoms with Gasteiger partial charge in [-0.25, -0.2) is 8.78 Å². The third-order valence-electron chi connectivity index (χ3n) is 4.54. The summed E-state index contributed by atoms with van der Waals surface area (Å²) in [6, 6.07) is 7.32. The Morgan fingerprint density at radius 3 is 2.86 bits per heavy atom. The third kappa shape index (κ3) is 4.44. The van der Waals surface area contributed by atoms with Gasteiger partial charge in [-0.1, -0.05) is 17.7 Å². The average molecular weight is 408 g/mol. The molecule has 7 heteroatoms. The van der Waals surface area contributed by atoms with Crippen molar-refractivity contribution in [2.24, 2.45) is 0 Å². The molecule has 148 valence electrons. The molecule has 0 spiro atoms. The first kappa shape index (κ1) is 20.1. The highest BCUT2D eigenvalue weighted by molar-refractivity contribution is 6.32. The van der Waals surface area contributed by atoms with E-state index in [1.54, 1.807) is 25.1 Å². The summed E-state index contributed by atoms with van der Waals surface area (Å²) in [5, 5.41) is 3.45. The van der Waals surface area contributed by atoms with Gasteiger partial charge in [0.05, 0.1) is 24.4 Å². The second-order valence-electron chi connectivity index (χ2n) is 6.53. The molecule has 0 radical (unpaired) electrons. The number of fused-ring (bicyclic) bond motifs is 1. The third-order valence-corrected chi connectivity index (χ3v) is 4.85. The molecule has 1 aliphatic heterocycles. The van der Waals surface area contributed by atoms with Gasteiger partial charge in [-0.05, 0) is 43.2 Å². The van der Waals surface area contributed by atoms with Crippen molar-refractivity contribution in [2.45, 2.75) is 25.9 Å². The first-order chi connectivity index (χ1) is 13.4. The second-order valence-corrected chi connectivity index (χ2v) is 6.94. The Kier molecular flexibility index (Phi) is 6.19. The van der Waals surface area contributed by atoms with E-state index in [1.807, 2.05) is 0 Å². The molecule has 0 aromatic heterocycles. The lowest BCUT2D eigenvalue weighted by atomic mass is 10.0. The number of carbonyl (C=O) groups is 1. The number of ether oxygens (including phenoxy) is 2. The maximum absolute atomic E-state index is 14.6. The van der Waals surface area contributed by atoms with Gasteiger partial charge in [0.1, 0.15) is 23.5 Å². The van der Waals surface area contributed by atoms with Crippen molar-refractivity contribution in [1.82, 2.24) is 0 Å². The summed E-state index contributed by atoms with van der Waals surface area (Å²) in [6.45, 7) is 2.16. The van der Waals surface area contributed by atoms with Crippen LogP contribution in [0.2, 0.25) is 5.02 Å². The Labute approximate surface area is 167 Å². The van der Waals surface area contributed by atoms with Crippen LogP contribution in [0.4, 0.5) is 14.5 Å². The molecule has 2 aromatic rings. The van der Waals surface area contributed by atoms with Crippen molar-refractivity contribution >= 4 is 34.9 Å². The van der Waals surface area contributed by atoms with Crippen LogP contribution < -0.4 is 10.1 Å². The van der Waals surface area contributed by atoms with Crippen molar-refractivity contribution in [1.29, 1.82) is 0 Å². The van der Waals surface area contributed by atoms with Gasteiger partial charge in [-0.15, -0.1) is 0 Å². The number of hydrogen-bond acceptors (Lipinski definition) is 4. The number of halogens is 3. The number of nitrogens with one attached hydrogen (secondary N) is 1. The zero-order chi connectivity index (χ0) is 20.3. The molecule has 1 aliphatic rings. The molecule has 4 nitrogen and oxygen atoms in total. The van der Waals surface area contributed by atoms with Crippen LogP contribution in [0.25, 0.3) is 11.6 Å². The van der Waals surface area contributed by atoms with Crippen LogP contribution in [0.15, 0.2) is 30.3 Å². The molecule has 3 rings (SSSR count). The van der Waals surface area contributed by atoms with Gasteiger partial charge in [0, 0.05) is 23.6 Å². The Hall–Kier alpha value is -2.60. The minimum Gasteiger partial charge on any atom is -0.486 e. The van der Waals surface area contributed by atoms with Crippen LogP contribution in [-0.4, -0.2) is 25.7 Å². The number of allylic oxidation sites excluding steroid dienone is 1. The smallest absolute Gasteiger partial charge is 0.305 e. The maximum Gasteiger partial charge on any atom is 0.305 e. The quantitative estimate of drug-likeness (QED) is 0.539. The molecule has 0 amide bonds. The molecule has 0 saturated carbocycles. The average Bonchev–Trinajstić information content (AvgIpc) is 2.66. The van der Waals surface area contributed by atoms with E-state index in [0.29, 0.717) is 35.5 Å². The molecule has 1 N–H and O–H groups in total. The summed E-state index contributed by atoms with van der Waals surface area (Å²) in [7, 11) is 1.33. The summed E-state index contributed by atoms with van der Waals surface area (Å²) in [5.74, 6) is -0.906. The molecule has 0 fully saturated rings. The van der Waals surface area contributed by atoms with E-state index in [1.165, 1.54) is 25.3 Å². The van der Waals surface area contributed by atoms with Crippen molar-refractivity contribution < 1.29 is 23.0 Å². The molecule has 28 heavy (non-hydrogen) atoms. The summed E-state index contributed by atoms with van der Waals surface area (Å²) >= 11 is 6.08. The van der Waals surface area contributed by atoms with Gasteiger partial charge in [0.25, 0.3) is 0 Å².